The average molecular weight is 309 g/mol. The smallest absolute Gasteiger partial charge is 0.0897 e. The molecule has 4 rings (SSSR count). The normalized spacial score (nSPS) is 38.5. The van der Waals surface area contributed by atoms with E-state index in [1.807, 2.05) is 0 Å². The second kappa shape index (κ2) is 6.41. The van der Waals surface area contributed by atoms with Crippen LogP contribution in [0.4, 0.5) is 0 Å². The van der Waals surface area contributed by atoms with Crippen molar-refractivity contribution in [1.82, 2.24) is 5.32 Å². The Morgan fingerprint density at radius 2 is 1.64 bits per heavy atom. The minimum atomic E-state index is -0.393. The molecule has 4 fully saturated rings. The van der Waals surface area contributed by atoms with Gasteiger partial charge >= 0.3 is 0 Å². The molecule has 1 unspecified atom stereocenters. The van der Waals surface area contributed by atoms with E-state index in [9.17, 15) is 5.11 Å². The highest BCUT2D eigenvalue weighted by molar-refractivity contribution is 5.01. The first-order valence-corrected chi connectivity index (χ1v) is 9.34. The van der Waals surface area contributed by atoms with E-state index in [0.29, 0.717) is 18.6 Å². The first-order chi connectivity index (χ1) is 10.3. The summed E-state index contributed by atoms with van der Waals surface area (Å²) < 4.78 is 5.81. The summed E-state index contributed by atoms with van der Waals surface area (Å²) in [5.41, 5.74) is 0.656. The molecule has 0 aromatic carbocycles. The van der Waals surface area contributed by atoms with Crippen molar-refractivity contribution in [3.05, 3.63) is 0 Å². The molecule has 3 heteroatoms. The fourth-order valence-electron chi connectivity index (χ4n) is 5.59. The average Bonchev–Trinajstić information content (AvgIpc) is 2.39. The summed E-state index contributed by atoms with van der Waals surface area (Å²) in [5.74, 6) is 3.06. The van der Waals surface area contributed by atoms with E-state index in [2.05, 4.69) is 26.1 Å². The summed E-state index contributed by atoms with van der Waals surface area (Å²) in [7, 11) is 0. The van der Waals surface area contributed by atoms with Crippen molar-refractivity contribution in [1.29, 1.82) is 0 Å². The number of rotatable bonds is 7. The highest BCUT2D eigenvalue weighted by atomic mass is 16.5. The van der Waals surface area contributed by atoms with E-state index in [-0.39, 0.29) is 5.54 Å². The van der Waals surface area contributed by atoms with Crippen LogP contribution in [0, 0.1) is 23.2 Å². The topological polar surface area (TPSA) is 41.5 Å². The van der Waals surface area contributed by atoms with Gasteiger partial charge in [-0.1, -0.05) is 0 Å². The minimum Gasteiger partial charge on any atom is -0.389 e. The maximum atomic E-state index is 9.99. The van der Waals surface area contributed by atoms with Gasteiger partial charge in [0.1, 0.15) is 0 Å². The van der Waals surface area contributed by atoms with Gasteiger partial charge in [0.2, 0.25) is 0 Å². The Morgan fingerprint density at radius 1 is 1.09 bits per heavy atom. The van der Waals surface area contributed by atoms with E-state index in [1.54, 1.807) is 0 Å². The van der Waals surface area contributed by atoms with Crippen LogP contribution < -0.4 is 5.32 Å². The molecule has 0 radical (unpaired) electrons. The van der Waals surface area contributed by atoms with Crippen LogP contribution in [-0.4, -0.2) is 36.5 Å². The maximum absolute atomic E-state index is 9.99. The lowest BCUT2D eigenvalue weighted by Gasteiger charge is -2.57. The van der Waals surface area contributed by atoms with E-state index in [0.717, 1.165) is 24.4 Å². The highest BCUT2D eigenvalue weighted by Gasteiger charge is 2.50. The van der Waals surface area contributed by atoms with Crippen LogP contribution in [0.15, 0.2) is 0 Å². The number of hydrogen-bond acceptors (Lipinski definition) is 3. The van der Waals surface area contributed by atoms with Crippen molar-refractivity contribution in [2.24, 2.45) is 23.2 Å². The molecule has 22 heavy (non-hydrogen) atoms. The number of β-amino-alcohol motifs (C(OH)–C–C–N with tert-alkyl or cyclic N) is 1. The molecular weight excluding hydrogens is 274 g/mol. The number of ether oxygens (including phenoxy) is 1. The molecule has 1 atom stereocenters. The van der Waals surface area contributed by atoms with Crippen LogP contribution in [0.3, 0.4) is 0 Å². The monoisotopic (exact) mass is 309 g/mol. The number of nitrogens with one attached hydrogen (secondary N) is 1. The molecule has 4 aliphatic carbocycles. The largest absolute Gasteiger partial charge is 0.389 e. The molecule has 0 aromatic heterocycles. The molecule has 0 aliphatic heterocycles. The second-order valence-corrected chi connectivity index (χ2v) is 9.53. The molecule has 4 aliphatic rings. The van der Waals surface area contributed by atoms with Gasteiger partial charge < -0.3 is 15.2 Å². The van der Waals surface area contributed by atoms with Gasteiger partial charge in [-0.25, -0.2) is 0 Å². The van der Waals surface area contributed by atoms with E-state index in [1.165, 1.54) is 44.9 Å². The van der Waals surface area contributed by atoms with Crippen molar-refractivity contribution in [3.63, 3.8) is 0 Å². The Hall–Kier alpha value is -0.120. The van der Waals surface area contributed by atoms with E-state index < -0.39 is 6.10 Å². The molecule has 4 saturated carbocycles. The Kier molecular flexibility index (Phi) is 4.87. The van der Waals surface area contributed by atoms with Gasteiger partial charge in [-0.15, -0.1) is 0 Å². The van der Waals surface area contributed by atoms with Gasteiger partial charge in [0.15, 0.2) is 0 Å². The van der Waals surface area contributed by atoms with Gasteiger partial charge in [-0.05, 0) is 88.9 Å². The van der Waals surface area contributed by atoms with Crippen molar-refractivity contribution in [2.75, 3.05) is 19.8 Å². The molecule has 0 heterocycles. The Labute approximate surface area is 136 Å². The summed E-state index contributed by atoms with van der Waals surface area (Å²) in [6.07, 6.45) is 9.72. The van der Waals surface area contributed by atoms with Crippen LogP contribution >= 0.6 is 0 Å². The summed E-state index contributed by atoms with van der Waals surface area (Å²) >= 11 is 0. The first kappa shape index (κ1) is 16.7. The summed E-state index contributed by atoms with van der Waals surface area (Å²) in [4.78, 5) is 0. The van der Waals surface area contributed by atoms with Gasteiger partial charge in [0.25, 0.3) is 0 Å². The van der Waals surface area contributed by atoms with E-state index >= 15 is 0 Å². The molecule has 3 nitrogen and oxygen atoms in total. The molecule has 4 bridgehead atoms. The summed E-state index contributed by atoms with van der Waals surface area (Å²) in [6.45, 7) is 8.27. The number of hydrogen-bond donors (Lipinski definition) is 2. The second-order valence-electron chi connectivity index (χ2n) is 9.53. The van der Waals surface area contributed by atoms with Crippen LogP contribution in [0.2, 0.25) is 0 Å². The van der Waals surface area contributed by atoms with E-state index in [4.69, 9.17) is 4.74 Å². The van der Waals surface area contributed by atoms with Crippen LogP contribution in [0.5, 0.6) is 0 Å². The van der Waals surface area contributed by atoms with Gasteiger partial charge in [0, 0.05) is 18.7 Å². The summed E-state index contributed by atoms with van der Waals surface area (Å²) in [6, 6.07) is 0. The number of aliphatic hydroxyl groups excluding tert-OH is 1. The zero-order valence-corrected chi connectivity index (χ0v) is 14.7. The summed E-state index contributed by atoms with van der Waals surface area (Å²) in [5, 5.41) is 13.3. The van der Waals surface area contributed by atoms with Crippen molar-refractivity contribution in [2.45, 2.75) is 77.4 Å². The third-order valence-electron chi connectivity index (χ3n) is 6.12. The minimum absolute atomic E-state index is 0.0557. The lowest BCUT2D eigenvalue weighted by molar-refractivity contribution is -0.0731. The Bertz CT molecular complexity index is 339. The standard InChI is InChI=1S/C19H35NO2/c1-18(2,3)20-12-17(21)13-22-5-4-19-9-14-6-15(10-19)8-16(7-14)11-19/h14-17,20-21H,4-13H2,1-3H3. The van der Waals surface area contributed by atoms with Crippen molar-refractivity contribution < 1.29 is 9.84 Å². The molecule has 128 valence electrons. The quantitative estimate of drug-likeness (QED) is 0.709. The SMILES string of the molecule is CC(C)(C)NCC(O)COCCC12CC3CC(CC(C3)C1)C2. The molecule has 0 amide bonds. The zero-order chi connectivity index (χ0) is 15.8. The van der Waals surface area contributed by atoms with Crippen LogP contribution in [0.25, 0.3) is 0 Å². The van der Waals surface area contributed by atoms with Crippen molar-refractivity contribution >= 4 is 0 Å². The molecular formula is C19H35NO2. The van der Waals surface area contributed by atoms with Crippen LogP contribution in [0.1, 0.15) is 65.7 Å². The maximum Gasteiger partial charge on any atom is 0.0897 e. The van der Waals surface area contributed by atoms with Gasteiger partial charge in [-0.3, -0.25) is 0 Å². The first-order valence-electron chi connectivity index (χ1n) is 9.34. The third kappa shape index (κ3) is 4.24. The fourth-order valence-corrected chi connectivity index (χ4v) is 5.59. The van der Waals surface area contributed by atoms with Crippen LogP contribution in [-0.2, 0) is 4.74 Å². The molecule has 2 N–H and O–H groups in total. The van der Waals surface area contributed by atoms with Gasteiger partial charge in [0.05, 0.1) is 12.7 Å². The molecule has 0 spiro atoms. The Balaban J connectivity index is 1.35. The zero-order valence-electron chi connectivity index (χ0n) is 14.7. The lowest BCUT2D eigenvalue weighted by atomic mass is 9.49. The third-order valence-corrected chi connectivity index (χ3v) is 6.12. The fraction of sp³-hybridized carbons (Fsp3) is 1.00. The molecule has 0 saturated heterocycles. The Morgan fingerprint density at radius 3 is 2.14 bits per heavy atom. The predicted molar refractivity (Wildman–Crippen MR) is 89.8 cm³/mol. The highest BCUT2D eigenvalue weighted by Crippen LogP contribution is 2.61. The lowest BCUT2D eigenvalue weighted by Crippen LogP contribution is -2.46. The predicted octanol–water partition coefficient (Wildman–Crippen LogP) is 3.36. The van der Waals surface area contributed by atoms with Crippen molar-refractivity contribution in [3.8, 4) is 0 Å². The molecule has 0 aromatic rings. The van der Waals surface area contributed by atoms with Gasteiger partial charge in [-0.2, -0.15) is 0 Å². The number of aliphatic hydroxyl groups is 1.